The van der Waals surface area contributed by atoms with Gasteiger partial charge in [0.15, 0.2) is 11.6 Å². The minimum atomic E-state index is -0.503. The molecule has 0 radical (unpaired) electrons. The van der Waals surface area contributed by atoms with Gasteiger partial charge >= 0.3 is 0 Å². The summed E-state index contributed by atoms with van der Waals surface area (Å²) in [6.45, 7) is 1.65. The van der Waals surface area contributed by atoms with Gasteiger partial charge in [0.2, 0.25) is 0 Å². The van der Waals surface area contributed by atoms with Crippen molar-refractivity contribution < 1.29 is 8.78 Å². The first-order valence-electron chi connectivity index (χ1n) is 13.4. The van der Waals surface area contributed by atoms with E-state index in [0.29, 0.717) is 45.9 Å². The van der Waals surface area contributed by atoms with Crippen molar-refractivity contribution in [2.75, 3.05) is 6.54 Å². The molecule has 5 heterocycles. The Morgan fingerprint density at radius 1 is 0.875 bits per heavy atom. The third-order valence-electron chi connectivity index (χ3n) is 7.59. The van der Waals surface area contributed by atoms with Crippen LogP contribution in [0.25, 0.3) is 56.0 Å². The van der Waals surface area contributed by atoms with Gasteiger partial charge in [0.25, 0.3) is 0 Å². The van der Waals surface area contributed by atoms with E-state index in [9.17, 15) is 4.39 Å². The monoisotopic (exact) mass is 536 g/mol. The summed E-state index contributed by atoms with van der Waals surface area (Å²) in [7, 11) is 0. The lowest BCUT2D eigenvalue weighted by atomic mass is 10.1. The van der Waals surface area contributed by atoms with Crippen LogP contribution >= 0.6 is 0 Å². The number of halogens is 2. The summed E-state index contributed by atoms with van der Waals surface area (Å²) < 4.78 is 29.6. The van der Waals surface area contributed by atoms with Crippen LogP contribution in [0.4, 0.5) is 8.78 Å². The van der Waals surface area contributed by atoms with Gasteiger partial charge in [-0.1, -0.05) is 12.8 Å². The number of imidazole rings is 1. The molecule has 1 aliphatic carbocycles. The van der Waals surface area contributed by atoms with Crippen LogP contribution in [0.3, 0.4) is 0 Å². The van der Waals surface area contributed by atoms with Crippen molar-refractivity contribution >= 4 is 21.9 Å². The summed E-state index contributed by atoms with van der Waals surface area (Å²) in [4.78, 5) is 21.2. The van der Waals surface area contributed by atoms with Gasteiger partial charge in [-0.3, -0.25) is 20.1 Å². The third kappa shape index (κ3) is 4.50. The fourth-order valence-corrected chi connectivity index (χ4v) is 5.56. The molecule has 1 saturated carbocycles. The van der Waals surface area contributed by atoms with Crippen LogP contribution in [0.5, 0.6) is 0 Å². The normalized spacial score (nSPS) is 14.1. The van der Waals surface area contributed by atoms with Gasteiger partial charge in [0.1, 0.15) is 22.7 Å². The van der Waals surface area contributed by atoms with Crippen LogP contribution in [0, 0.1) is 17.6 Å². The number of nitrogens with one attached hydrogen (secondary N) is 3. The maximum absolute atomic E-state index is 16.1. The van der Waals surface area contributed by atoms with Crippen LogP contribution in [0.1, 0.15) is 31.2 Å². The number of fused-ring (bicyclic) bond motifs is 2. The van der Waals surface area contributed by atoms with Crippen molar-refractivity contribution in [3.8, 4) is 34.0 Å². The number of hydrogen-bond acceptors (Lipinski definition) is 6. The number of hydrogen-bond donors (Lipinski definition) is 3. The van der Waals surface area contributed by atoms with Crippen molar-refractivity contribution in [3.63, 3.8) is 0 Å². The topological polar surface area (TPSA) is 108 Å². The van der Waals surface area contributed by atoms with Crippen molar-refractivity contribution in [3.05, 3.63) is 78.4 Å². The molecule has 10 heteroatoms. The van der Waals surface area contributed by atoms with Crippen LogP contribution in [0.2, 0.25) is 0 Å². The average Bonchev–Trinajstić information content (AvgIpc) is 3.73. The van der Waals surface area contributed by atoms with E-state index in [1.54, 1.807) is 43.0 Å². The van der Waals surface area contributed by atoms with E-state index in [0.717, 1.165) is 23.6 Å². The molecular weight excluding hydrogens is 510 g/mol. The lowest BCUT2D eigenvalue weighted by molar-refractivity contribution is 0.489. The molecule has 0 unspecified atom stereocenters. The standard InChI is InChI=1S/C30H26F2N8/c31-21-7-5-19(6-8-21)27-28-22(9-10-35-27)37-30(38-28)29-24-23(39-40-29)16-36-26(25(24)32)20-11-18(14-34-15-20)13-33-12-17-3-1-2-4-17/h5-11,14-17,33H,1-4,12-13H2,(H,37,38)(H,39,40). The second-order valence-electron chi connectivity index (χ2n) is 10.3. The van der Waals surface area contributed by atoms with Crippen LogP contribution in [-0.4, -0.2) is 41.7 Å². The summed E-state index contributed by atoms with van der Waals surface area (Å²) in [5.74, 6) is 0.286. The van der Waals surface area contributed by atoms with Crippen LogP contribution in [0.15, 0.2) is 61.2 Å². The van der Waals surface area contributed by atoms with Crippen molar-refractivity contribution in [1.29, 1.82) is 0 Å². The first kappa shape index (κ1) is 24.5. The maximum atomic E-state index is 16.1. The lowest BCUT2D eigenvalue weighted by Crippen LogP contribution is -2.20. The minimum Gasteiger partial charge on any atom is -0.336 e. The van der Waals surface area contributed by atoms with E-state index >= 15 is 4.39 Å². The predicted molar refractivity (Wildman–Crippen MR) is 149 cm³/mol. The molecule has 0 amide bonds. The highest BCUT2D eigenvalue weighted by atomic mass is 19.1. The van der Waals surface area contributed by atoms with E-state index in [1.807, 2.05) is 6.07 Å². The number of aromatic nitrogens is 7. The molecule has 8 nitrogen and oxygen atoms in total. The van der Waals surface area contributed by atoms with E-state index < -0.39 is 5.82 Å². The highest BCUT2D eigenvalue weighted by Crippen LogP contribution is 2.34. The Kier molecular flexibility index (Phi) is 6.24. The Labute approximate surface area is 228 Å². The second-order valence-corrected chi connectivity index (χ2v) is 10.3. The molecule has 200 valence electrons. The number of pyridine rings is 3. The number of rotatable bonds is 7. The van der Waals surface area contributed by atoms with Gasteiger partial charge < -0.3 is 10.3 Å². The van der Waals surface area contributed by atoms with Gasteiger partial charge in [-0.15, -0.1) is 0 Å². The molecule has 5 aromatic heterocycles. The Morgan fingerprint density at radius 3 is 2.58 bits per heavy atom. The molecule has 1 aromatic carbocycles. The van der Waals surface area contributed by atoms with Crippen LogP contribution in [-0.2, 0) is 6.54 Å². The molecule has 0 bridgehead atoms. The predicted octanol–water partition coefficient (Wildman–Crippen LogP) is 6.18. The number of H-pyrrole nitrogens is 2. The molecule has 7 rings (SSSR count). The molecule has 0 atom stereocenters. The maximum Gasteiger partial charge on any atom is 0.161 e. The highest BCUT2D eigenvalue weighted by Gasteiger charge is 2.22. The molecule has 1 fully saturated rings. The summed E-state index contributed by atoms with van der Waals surface area (Å²) in [5.41, 5.74) is 5.16. The van der Waals surface area contributed by atoms with Crippen LogP contribution < -0.4 is 5.32 Å². The van der Waals surface area contributed by atoms with E-state index in [4.69, 9.17) is 4.98 Å². The molecule has 6 aromatic rings. The molecule has 0 aliphatic heterocycles. The Morgan fingerprint density at radius 2 is 1.73 bits per heavy atom. The third-order valence-corrected chi connectivity index (χ3v) is 7.59. The molecule has 0 spiro atoms. The smallest absolute Gasteiger partial charge is 0.161 e. The van der Waals surface area contributed by atoms with Gasteiger partial charge in [-0.25, -0.2) is 13.8 Å². The first-order chi connectivity index (χ1) is 19.6. The van der Waals surface area contributed by atoms with E-state index in [-0.39, 0.29) is 16.9 Å². The fraction of sp³-hybridized carbons (Fsp3) is 0.233. The number of nitrogens with zero attached hydrogens (tertiary/aromatic N) is 5. The largest absolute Gasteiger partial charge is 0.336 e. The van der Waals surface area contributed by atoms with Gasteiger partial charge in [-0.2, -0.15) is 5.10 Å². The molecular formula is C30H26F2N8. The summed E-state index contributed by atoms with van der Waals surface area (Å²) >= 11 is 0. The zero-order valence-electron chi connectivity index (χ0n) is 21.6. The lowest BCUT2D eigenvalue weighted by Gasteiger charge is -2.11. The van der Waals surface area contributed by atoms with Crippen molar-refractivity contribution in [2.45, 2.75) is 32.2 Å². The molecule has 3 N–H and O–H groups in total. The number of aromatic amines is 2. The summed E-state index contributed by atoms with van der Waals surface area (Å²) in [6.07, 6.45) is 11.8. The van der Waals surface area contributed by atoms with Crippen molar-refractivity contribution in [2.24, 2.45) is 5.92 Å². The van der Waals surface area contributed by atoms with Gasteiger partial charge in [-0.05, 0) is 67.3 Å². The quantitative estimate of drug-likeness (QED) is 0.225. The van der Waals surface area contributed by atoms with E-state index in [1.165, 1.54) is 37.8 Å². The summed E-state index contributed by atoms with van der Waals surface area (Å²) in [5, 5.41) is 11.0. The first-order valence-corrected chi connectivity index (χ1v) is 13.4. The minimum absolute atomic E-state index is 0.199. The Bertz CT molecular complexity index is 1820. The average molecular weight is 537 g/mol. The number of benzene rings is 1. The van der Waals surface area contributed by atoms with E-state index in [2.05, 4.69) is 35.5 Å². The zero-order valence-corrected chi connectivity index (χ0v) is 21.6. The SMILES string of the molecule is Fc1ccc(-c2nccc3[nH]c(-c4n[nH]c5cnc(-c6cncc(CNCC7CCCC7)c6)c(F)c45)nc23)cc1. The fourth-order valence-electron chi connectivity index (χ4n) is 5.56. The molecule has 1 aliphatic rings. The molecule has 40 heavy (non-hydrogen) atoms. The Balaban J connectivity index is 1.23. The highest BCUT2D eigenvalue weighted by molar-refractivity contribution is 5.97. The van der Waals surface area contributed by atoms with Gasteiger partial charge in [0.05, 0.1) is 28.3 Å². The summed E-state index contributed by atoms with van der Waals surface area (Å²) in [6, 6.07) is 9.77. The molecule has 0 saturated heterocycles. The Hall–Kier alpha value is -4.57. The second kappa shape index (κ2) is 10.2. The van der Waals surface area contributed by atoms with Gasteiger partial charge in [0, 0.05) is 36.3 Å². The zero-order chi connectivity index (χ0) is 27.1. The van der Waals surface area contributed by atoms with Crippen molar-refractivity contribution in [1.82, 2.24) is 40.4 Å².